The first-order valence-corrected chi connectivity index (χ1v) is 10.00. The quantitative estimate of drug-likeness (QED) is 0.523. The van der Waals surface area contributed by atoms with Crippen LogP contribution in [0.15, 0.2) is 36.7 Å². The van der Waals surface area contributed by atoms with Crippen LogP contribution in [0.5, 0.6) is 0 Å². The van der Waals surface area contributed by atoms with Crippen molar-refractivity contribution in [2.24, 2.45) is 7.05 Å². The summed E-state index contributed by atoms with van der Waals surface area (Å²) >= 11 is 1.44. The van der Waals surface area contributed by atoms with Crippen molar-refractivity contribution in [3.63, 3.8) is 0 Å². The molecule has 0 aliphatic carbocycles. The first-order valence-electron chi connectivity index (χ1n) is 9.18. The molecule has 0 bridgehead atoms. The molecule has 1 unspecified atom stereocenters. The summed E-state index contributed by atoms with van der Waals surface area (Å²) in [5.41, 5.74) is 2.49. The average Bonchev–Trinajstić information content (AvgIpc) is 3.28. The first-order chi connectivity index (χ1) is 13.6. The van der Waals surface area contributed by atoms with E-state index in [0.29, 0.717) is 19.7 Å². The third-order valence-electron chi connectivity index (χ3n) is 4.89. The lowest BCUT2D eigenvalue weighted by atomic mass is 10.1. The van der Waals surface area contributed by atoms with E-state index in [1.807, 2.05) is 49.3 Å². The summed E-state index contributed by atoms with van der Waals surface area (Å²) in [5.74, 6) is 0.0538. The minimum atomic E-state index is 0.0538. The van der Waals surface area contributed by atoms with E-state index in [9.17, 15) is 4.79 Å². The number of fused-ring (bicyclic) bond motifs is 2. The molecule has 0 radical (unpaired) electrons. The van der Waals surface area contributed by atoms with Crippen molar-refractivity contribution in [2.75, 3.05) is 19.7 Å². The molecular formula is C20H19N5O2S. The molecule has 5 heterocycles. The maximum atomic E-state index is 12.9. The van der Waals surface area contributed by atoms with Gasteiger partial charge in [-0.1, -0.05) is 0 Å². The van der Waals surface area contributed by atoms with Gasteiger partial charge in [0.2, 0.25) is 0 Å². The van der Waals surface area contributed by atoms with E-state index in [0.717, 1.165) is 37.4 Å². The summed E-state index contributed by atoms with van der Waals surface area (Å²) in [5, 5.41) is 6.26. The summed E-state index contributed by atoms with van der Waals surface area (Å²) in [7, 11) is 1.88. The Morgan fingerprint density at radius 2 is 2.18 bits per heavy atom. The first kappa shape index (κ1) is 17.3. The number of ether oxygens (including phenoxy) is 1. The highest BCUT2D eigenvalue weighted by molar-refractivity contribution is 7.20. The van der Waals surface area contributed by atoms with Crippen molar-refractivity contribution in [2.45, 2.75) is 13.0 Å². The van der Waals surface area contributed by atoms with Crippen molar-refractivity contribution in [3.05, 3.63) is 41.5 Å². The maximum absolute atomic E-state index is 12.9. The van der Waals surface area contributed by atoms with Crippen molar-refractivity contribution in [3.8, 4) is 11.3 Å². The zero-order chi connectivity index (χ0) is 19.3. The predicted octanol–water partition coefficient (Wildman–Crippen LogP) is 3.11. The van der Waals surface area contributed by atoms with Gasteiger partial charge in [0.25, 0.3) is 5.91 Å². The van der Waals surface area contributed by atoms with Crippen LogP contribution < -0.4 is 0 Å². The van der Waals surface area contributed by atoms with Crippen molar-refractivity contribution < 1.29 is 9.53 Å². The second kappa shape index (κ2) is 6.65. The van der Waals surface area contributed by atoms with Gasteiger partial charge in [0, 0.05) is 48.9 Å². The van der Waals surface area contributed by atoms with Gasteiger partial charge in [0.15, 0.2) is 5.65 Å². The number of hydrogen-bond acceptors (Lipinski definition) is 6. The normalized spacial score (nSPS) is 17.5. The Kier molecular flexibility index (Phi) is 4.10. The van der Waals surface area contributed by atoms with Gasteiger partial charge in [-0.05, 0) is 31.2 Å². The molecule has 1 saturated heterocycles. The second-order valence-corrected chi connectivity index (χ2v) is 8.10. The molecule has 0 spiro atoms. The number of amides is 1. The zero-order valence-corrected chi connectivity index (χ0v) is 16.4. The SMILES string of the molecule is CC1CN(C(=O)c2cc3ccc(-c4cnc5nn(C)cc5c4)nc3s2)CCO1. The molecule has 4 aromatic rings. The second-order valence-electron chi connectivity index (χ2n) is 7.07. The Balaban J connectivity index is 1.48. The highest BCUT2D eigenvalue weighted by atomic mass is 32.1. The molecular weight excluding hydrogens is 374 g/mol. The van der Waals surface area contributed by atoms with Gasteiger partial charge >= 0.3 is 0 Å². The topological polar surface area (TPSA) is 73.1 Å². The molecule has 0 aromatic carbocycles. The van der Waals surface area contributed by atoms with E-state index >= 15 is 0 Å². The van der Waals surface area contributed by atoms with Gasteiger partial charge in [0.05, 0.1) is 23.3 Å². The molecule has 5 rings (SSSR count). The fraction of sp³-hybridized carbons (Fsp3) is 0.300. The molecule has 1 aliphatic heterocycles. The van der Waals surface area contributed by atoms with Crippen molar-refractivity contribution in [1.29, 1.82) is 0 Å². The van der Waals surface area contributed by atoms with Gasteiger partial charge < -0.3 is 9.64 Å². The molecule has 7 nitrogen and oxygen atoms in total. The Labute approximate surface area is 165 Å². The van der Waals surface area contributed by atoms with Crippen LogP contribution in [0.1, 0.15) is 16.6 Å². The Bertz CT molecular complexity index is 1200. The van der Waals surface area contributed by atoms with Crippen LogP contribution in [-0.4, -0.2) is 56.4 Å². The number of aryl methyl sites for hydroxylation is 1. The van der Waals surface area contributed by atoms with Crippen LogP contribution in [0.3, 0.4) is 0 Å². The Morgan fingerprint density at radius 3 is 3.04 bits per heavy atom. The van der Waals surface area contributed by atoms with Crippen LogP contribution in [0.4, 0.5) is 0 Å². The molecule has 142 valence electrons. The Hall–Kier alpha value is -2.84. The van der Waals surface area contributed by atoms with Gasteiger partial charge in [-0.15, -0.1) is 11.3 Å². The summed E-state index contributed by atoms with van der Waals surface area (Å²) in [6.45, 7) is 3.84. The molecule has 1 aliphatic rings. The van der Waals surface area contributed by atoms with Gasteiger partial charge in [-0.2, -0.15) is 5.10 Å². The standard InChI is InChI=1S/C20H19N5O2S/c1-12-10-25(5-6-27-12)20(26)17-8-13-3-4-16(22-19(13)28-17)14-7-15-11-24(2)23-18(15)21-9-14/h3-4,7-9,11-12H,5-6,10H2,1-2H3. The third-order valence-corrected chi connectivity index (χ3v) is 5.92. The number of hydrogen-bond donors (Lipinski definition) is 0. The van der Waals surface area contributed by atoms with Crippen molar-refractivity contribution >= 4 is 38.5 Å². The minimum Gasteiger partial charge on any atom is -0.375 e. The number of aromatic nitrogens is 4. The van der Waals surface area contributed by atoms with Crippen LogP contribution >= 0.6 is 11.3 Å². The lowest BCUT2D eigenvalue weighted by Crippen LogP contribution is -2.44. The van der Waals surface area contributed by atoms with Gasteiger partial charge in [-0.25, -0.2) is 9.97 Å². The summed E-state index contributed by atoms with van der Waals surface area (Å²) in [4.78, 5) is 25.5. The Morgan fingerprint density at radius 1 is 1.29 bits per heavy atom. The van der Waals surface area contributed by atoms with Crippen molar-refractivity contribution in [1.82, 2.24) is 24.6 Å². The minimum absolute atomic E-state index is 0.0538. The third kappa shape index (κ3) is 3.04. The van der Waals surface area contributed by atoms with E-state index in [2.05, 4.69) is 10.1 Å². The lowest BCUT2D eigenvalue weighted by molar-refractivity contribution is -0.0122. The maximum Gasteiger partial charge on any atom is 0.264 e. The fourth-order valence-corrected chi connectivity index (χ4v) is 4.51. The molecule has 1 amide bonds. The molecule has 4 aromatic heterocycles. The molecule has 28 heavy (non-hydrogen) atoms. The predicted molar refractivity (Wildman–Crippen MR) is 108 cm³/mol. The zero-order valence-electron chi connectivity index (χ0n) is 15.6. The van der Waals surface area contributed by atoms with E-state index in [4.69, 9.17) is 9.72 Å². The number of carbonyl (C=O) groups is 1. The molecule has 0 N–H and O–H groups in total. The van der Waals surface area contributed by atoms with E-state index in [1.165, 1.54) is 11.3 Å². The van der Waals surface area contributed by atoms with E-state index in [1.54, 1.807) is 10.9 Å². The lowest BCUT2D eigenvalue weighted by Gasteiger charge is -2.30. The number of pyridine rings is 2. The smallest absolute Gasteiger partial charge is 0.264 e. The van der Waals surface area contributed by atoms with Crippen LogP contribution in [0, 0.1) is 0 Å². The monoisotopic (exact) mass is 393 g/mol. The molecule has 0 saturated carbocycles. The number of morpholine rings is 1. The molecule has 1 atom stereocenters. The summed E-state index contributed by atoms with van der Waals surface area (Å²) < 4.78 is 7.29. The largest absolute Gasteiger partial charge is 0.375 e. The highest BCUT2D eigenvalue weighted by Crippen LogP contribution is 2.29. The van der Waals surface area contributed by atoms with Crippen LogP contribution in [-0.2, 0) is 11.8 Å². The summed E-state index contributed by atoms with van der Waals surface area (Å²) in [6, 6.07) is 7.96. The number of rotatable bonds is 2. The highest BCUT2D eigenvalue weighted by Gasteiger charge is 2.24. The molecule has 1 fully saturated rings. The number of thiophene rings is 1. The van der Waals surface area contributed by atoms with Gasteiger partial charge in [-0.3, -0.25) is 9.48 Å². The summed E-state index contributed by atoms with van der Waals surface area (Å²) in [6.07, 6.45) is 3.81. The fourth-order valence-electron chi connectivity index (χ4n) is 3.52. The number of nitrogens with zero attached hydrogens (tertiary/aromatic N) is 5. The number of carbonyl (C=O) groups excluding carboxylic acids is 1. The van der Waals surface area contributed by atoms with E-state index < -0.39 is 0 Å². The van der Waals surface area contributed by atoms with Crippen LogP contribution in [0.2, 0.25) is 0 Å². The van der Waals surface area contributed by atoms with Gasteiger partial charge in [0.1, 0.15) is 4.83 Å². The van der Waals surface area contributed by atoms with Crippen LogP contribution in [0.25, 0.3) is 32.5 Å². The average molecular weight is 393 g/mol. The molecule has 8 heteroatoms. The van der Waals surface area contributed by atoms with E-state index in [-0.39, 0.29) is 12.0 Å².